The molecule has 2 rings (SSSR count). The minimum absolute atomic E-state index is 0.0203. The Labute approximate surface area is 107 Å². The molecule has 0 radical (unpaired) electrons. The van der Waals surface area contributed by atoms with Crippen LogP contribution in [-0.2, 0) is 9.59 Å². The molecule has 0 spiro atoms. The molecular weight excluding hydrogens is 230 g/mol. The number of hydrogen-bond donors (Lipinski definition) is 2. The molecule has 0 aromatic rings. The highest BCUT2D eigenvalue weighted by molar-refractivity contribution is 5.81. The van der Waals surface area contributed by atoms with Crippen molar-refractivity contribution < 1.29 is 14.7 Å². The molecule has 0 saturated heterocycles. The van der Waals surface area contributed by atoms with E-state index in [1.165, 1.54) is 0 Å². The number of aliphatic carboxylic acids is 1. The molecule has 1 fully saturated rings. The summed E-state index contributed by atoms with van der Waals surface area (Å²) in [5.74, 6) is -0.710. The molecule has 2 aliphatic rings. The van der Waals surface area contributed by atoms with E-state index >= 15 is 0 Å². The van der Waals surface area contributed by atoms with Crippen LogP contribution < -0.4 is 5.32 Å². The lowest BCUT2D eigenvalue weighted by atomic mass is 9.85. The molecule has 2 aliphatic carbocycles. The van der Waals surface area contributed by atoms with E-state index in [1.807, 2.05) is 6.08 Å². The number of carbonyl (C=O) groups is 2. The zero-order chi connectivity index (χ0) is 13.0. The predicted octanol–water partition coefficient (Wildman–Crippen LogP) is 2.10. The van der Waals surface area contributed by atoms with Crippen LogP contribution in [0.3, 0.4) is 0 Å². The fraction of sp³-hybridized carbons (Fsp3) is 0.714. The summed E-state index contributed by atoms with van der Waals surface area (Å²) in [4.78, 5) is 23.3. The topological polar surface area (TPSA) is 66.4 Å². The third kappa shape index (κ3) is 2.74. The minimum atomic E-state index is -0.760. The molecule has 0 bridgehead atoms. The van der Waals surface area contributed by atoms with E-state index in [-0.39, 0.29) is 11.8 Å². The smallest absolute Gasteiger partial charge is 0.311 e. The highest BCUT2D eigenvalue weighted by Gasteiger charge is 2.41. The van der Waals surface area contributed by atoms with Crippen molar-refractivity contribution in [2.24, 2.45) is 11.3 Å². The van der Waals surface area contributed by atoms with Crippen LogP contribution in [0.4, 0.5) is 0 Å². The first-order valence-electron chi connectivity index (χ1n) is 6.80. The number of allylic oxidation sites excluding steroid dienone is 2. The standard InChI is InChI=1S/C14H21NO3/c16-12(11-6-2-1-3-7-11)15-10-14(13(17)18)8-4-5-9-14/h1-2,11H,3-10H2,(H,15,16)(H,17,18). The first-order valence-corrected chi connectivity index (χ1v) is 6.80. The second-order valence-corrected chi connectivity index (χ2v) is 5.49. The van der Waals surface area contributed by atoms with E-state index in [0.29, 0.717) is 19.4 Å². The van der Waals surface area contributed by atoms with Gasteiger partial charge < -0.3 is 10.4 Å². The Kier molecular flexibility index (Phi) is 4.04. The van der Waals surface area contributed by atoms with Crippen molar-refractivity contribution in [2.75, 3.05) is 6.54 Å². The van der Waals surface area contributed by atoms with Crippen LogP contribution in [0.5, 0.6) is 0 Å². The van der Waals surface area contributed by atoms with Crippen molar-refractivity contribution in [1.29, 1.82) is 0 Å². The molecule has 1 atom stereocenters. The van der Waals surface area contributed by atoms with Crippen LogP contribution in [0.1, 0.15) is 44.9 Å². The molecule has 4 heteroatoms. The molecule has 1 amide bonds. The van der Waals surface area contributed by atoms with Crippen LogP contribution >= 0.6 is 0 Å². The van der Waals surface area contributed by atoms with Gasteiger partial charge in [-0.15, -0.1) is 0 Å². The Hall–Kier alpha value is -1.32. The van der Waals surface area contributed by atoms with Gasteiger partial charge in [-0.3, -0.25) is 9.59 Å². The average molecular weight is 251 g/mol. The molecular formula is C14H21NO3. The van der Waals surface area contributed by atoms with E-state index < -0.39 is 11.4 Å². The first kappa shape index (κ1) is 13.1. The summed E-state index contributed by atoms with van der Waals surface area (Å²) in [5, 5.41) is 12.2. The largest absolute Gasteiger partial charge is 0.481 e. The number of rotatable bonds is 4. The van der Waals surface area contributed by atoms with Crippen molar-refractivity contribution in [3.8, 4) is 0 Å². The van der Waals surface area contributed by atoms with Crippen molar-refractivity contribution >= 4 is 11.9 Å². The molecule has 0 heterocycles. The van der Waals surface area contributed by atoms with Crippen LogP contribution in [0.2, 0.25) is 0 Å². The van der Waals surface area contributed by atoms with Gasteiger partial charge in [0.15, 0.2) is 0 Å². The number of nitrogens with one attached hydrogen (secondary N) is 1. The summed E-state index contributed by atoms with van der Waals surface area (Å²) in [6.07, 6.45) is 10.0. The SMILES string of the molecule is O=C(NCC1(C(=O)O)CCCC1)C1CC=CCC1. The lowest BCUT2D eigenvalue weighted by Crippen LogP contribution is -2.43. The second-order valence-electron chi connectivity index (χ2n) is 5.49. The van der Waals surface area contributed by atoms with Gasteiger partial charge in [-0.05, 0) is 32.1 Å². The van der Waals surface area contributed by atoms with E-state index in [9.17, 15) is 14.7 Å². The van der Waals surface area contributed by atoms with Gasteiger partial charge in [0.05, 0.1) is 5.41 Å². The summed E-state index contributed by atoms with van der Waals surface area (Å²) in [6.45, 7) is 0.293. The normalized spacial score (nSPS) is 25.9. The van der Waals surface area contributed by atoms with Gasteiger partial charge in [0.2, 0.25) is 5.91 Å². The molecule has 100 valence electrons. The van der Waals surface area contributed by atoms with E-state index in [1.54, 1.807) is 0 Å². The molecule has 1 saturated carbocycles. The molecule has 0 aromatic heterocycles. The molecule has 1 unspecified atom stereocenters. The summed E-state index contributed by atoms with van der Waals surface area (Å²) in [5.41, 5.74) is -0.708. The van der Waals surface area contributed by atoms with Crippen molar-refractivity contribution in [3.63, 3.8) is 0 Å². The zero-order valence-electron chi connectivity index (χ0n) is 10.7. The Balaban J connectivity index is 1.88. The van der Waals surface area contributed by atoms with Crippen molar-refractivity contribution in [1.82, 2.24) is 5.32 Å². The number of carboxylic acid groups (broad SMARTS) is 1. The third-order valence-corrected chi connectivity index (χ3v) is 4.26. The maximum atomic E-state index is 12.0. The van der Waals surface area contributed by atoms with Gasteiger partial charge in [0, 0.05) is 12.5 Å². The fourth-order valence-electron chi connectivity index (χ4n) is 2.95. The number of carboxylic acids is 1. The predicted molar refractivity (Wildman–Crippen MR) is 68.0 cm³/mol. The lowest BCUT2D eigenvalue weighted by molar-refractivity contribution is -0.148. The van der Waals surface area contributed by atoms with E-state index in [4.69, 9.17) is 0 Å². The van der Waals surface area contributed by atoms with Gasteiger partial charge in [-0.1, -0.05) is 25.0 Å². The summed E-state index contributed by atoms with van der Waals surface area (Å²) >= 11 is 0. The third-order valence-electron chi connectivity index (χ3n) is 4.26. The molecule has 4 nitrogen and oxygen atoms in total. The summed E-state index contributed by atoms with van der Waals surface area (Å²) < 4.78 is 0. The monoisotopic (exact) mass is 251 g/mol. The maximum absolute atomic E-state index is 12.0. The van der Waals surface area contributed by atoms with Crippen LogP contribution in [0, 0.1) is 11.3 Å². The number of carbonyl (C=O) groups excluding carboxylic acids is 1. The van der Waals surface area contributed by atoms with Gasteiger partial charge in [-0.2, -0.15) is 0 Å². The Morgan fingerprint density at radius 1 is 1.28 bits per heavy atom. The summed E-state index contributed by atoms with van der Waals surface area (Å²) in [6, 6.07) is 0. The van der Waals surface area contributed by atoms with E-state index in [2.05, 4.69) is 11.4 Å². The molecule has 0 aliphatic heterocycles. The van der Waals surface area contributed by atoms with E-state index in [0.717, 1.165) is 32.1 Å². The highest BCUT2D eigenvalue weighted by atomic mass is 16.4. The van der Waals surface area contributed by atoms with Gasteiger partial charge in [0.1, 0.15) is 0 Å². The summed E-state index contributed by atoms with van der Waals surface area (Å²) in [7, 11) is 0. The first-order chi connectivity index (χ1) is 8.64. The average Bonchev–Trinajstić information content (AvgIpc) is 2.87. The number of hydrogen-bond acceptors (Lipinski definition) is 2. The van der Waals surface area contributed by atoms with Gasteiger partial charge in [0.25, 0.3) is 0 Å². The van der Waals surface area contributed by atoms with Crippen molar-refractivity contribution in [2.45, 2.75) is 44.9 Å². The molecule has 2 N–H and O–H groups in total. The lowest BCUT2D eigenvalue weighted by Gasteiger charge is -2.26. The van der Waals surface area contributed by atoms with Crippen LogP contribution in [0.15, 0.2) is 12.2 Å². The van der Waals surface area contributed by atoms with Crippen molar-refractivity contribution in [3.05, 3.63) is 12.2 Å². The highest BCUT2D eigenvalue weighted by Crippen LogP contribution is 2.37. The quantitative estimate of drug-likeness (QED) is 0.752. The Morgan fingerprint density at radius 3 is 2.56 bits per heavy atom. The van der Waals surface area contributed by atoms with Gasteiger partial charge in [-0.25, -0.2) is 0 Å². The fourth-order valence-corrected chi connectivity index (χ4v) is 2.95. The van der Waals surface area contributed by atoms with Gasteiger partial charge >= 0.3 is 5.97 Å². The Morgan fingerprint density at radius 2 is 2.00 bits per heavy atom. The zero-order valence-corrected chi connectivity index (χ0v) is 10.7. The van der Waals surface area contributed by atoms with Crippen LogP contribution in [-0.4, -0.2) is 23.5 Å². The number of amides is 1. The second kappa shape index (κ2) is 5.55. The minimum Gasteiger partial charge on any atom is -0.481 e. The van der Waals surface area contributed by atoms with Crippen LogP contribution in [0.25, 0.3) is 0 Å². The molecule has 18 heavy (non-hydrogen) atoms. The maximum Gasteiger partial charge on any atom is 0.311 e. The molecule has 0 aromatic carbocycles. The Bertz CT molecular complexity index is 356.